The van der Waals surface area contributed by atoms with E-state index in [0.717, 1.165) is 35.1 Å². The van der Waals surface area contributed by atoms with Crippen LogP contribution in [-0.4, -0.2) is 30.1 Å². The van der Waals surface area contributed by atoms with Gasteiger partial charge in [0.25, 0.3) is 0 Å². The Morgan fingerprint density at radius 2 is 2.14 bits per heavy atom. The molecule has 1 heterocycles. The number of carbonyl (C=O) groups is 1. The van der Waals surface area contributed by atoms with Crippen LogP contribution in [0.15, 0.2) is 30.3 Å². The highest BCUT2D eigenvalue weighted by atomic mass is 16.5. The Labute approximate surface area is 124 Å². The van der Waals surface area contributed by atoms with E-state index in [0.29, 0.717) is 12.6 Å². The summed E-state index contributed by atoms with van der Waals surface area (Å²) in [7, 11) is 0. The van der Waals surface area contributed by atoms with E-state index in [9.17, 15) is 4.79 Å². The minimum atomic E-state index is -0.182. The van der Waals surface area contributed by atoms with Crippen molar-refractivity contribution in [1.82, 2.24) is 4.98 Å². The summed E-state index contributed by atoms with van der Waals surface area (Å²) < 4.78 is 5.09. The van der Waals surface area contributed by atoms with E-state index in [4.69, 9.17) is 9.72 Å². The summed E-state index contributed by atoms with van der Waals surface area (Å²) in [5, 5.41) is 1.13. The maximum absolute atomic E-state index is 11.8. The molecule has 1 aliphatic rings. The van der Waals surface area contributed by atoms with E-state index in [1.54, 1.807) is 0 Å². The van der Waals surface area contributed by atoms with Crippen LogP contribution in [0.3, 0.4) is 0 Å². The summed E-state index contributed by atoms with van der Waals surface area (Å²) in [4.78, 5) is 18.7. The molecule has 0 spiro atoms. The lowest BCUT2D eigenvalue weighted by atomic mass is 10.1. The Bertz CT molecular complexity index is 665. The molecule has 3 rings (SSSR count). The SMILES string of the molecule is CCOC(=O)CN(c1nc2ccccc2cc1C)C1CC1. The number of hydrogen-bond donors (Lipinski definition) is 0. The Kier molecular flexibility index (Phi) is 3.78. The maximum Gasteiger partial charge on any atom is 0.325 e. The summed E-state index contributed by atoms with van der Waals surface area (Å²) in [6, 6.07) is 10.6. The molecule has 0 atom stereocenters. The molecule has 0 bridgehead atoms. The third-order valence-electron chi connectivity index (χ3n) is 3.75. The molecule has 0 saturated heterocycles. The fraction of sp³-hybridized carbons (Fsp3) is 0.412. The fourth-order valence-corrected chi connectivity index (χ4v) is 2.61. The van der Waals surface area contributed by atoms with E-state index < -0.39 is 0 Å². The Hall–Kier alpha value is -2.10. The molecule has 2 aromatic rings. The minimum absolute atomic E-state index is 0.182. The zero-order valence-corrected chi connectivity index (χ0v) is 12.5. The molecular formula is C17H20N2O2. The summed E-state index contributed by atoms with van der Waals surface area (Å²) in [5.74, 6) is 0.725. The molecule has 0 aliphatic heterocycles. The first-order valence-electron chi connectivity index (χ1n) is 7.47. The number of hydrogen-bond acceptors (Lipinski definition) is 4. The second-order valence-corrected chi connectivity index (χ2v) is 5.49. The van der Waals surface area contributed by atoms with Gasteiger partial charge in [0, 0.05) is 11.4 Å². The standard InChI is InChI=1S/C17H20N2O2/c1-3-21-16(20)11-19(14-8-9-14)17-12(2)10-13-6-4-5-7-15(13)18-17/h4-7,10,14H,3,8-9,11H2,1-2H3. The number of para-hydroxylation sites is 1. The zero-order chi connectivity index (χ0) is 14.8. The number of anilines is 1. The fourth-order valence-electron chi connectivity index (χ4n) is 2.61. The lowest BCUT2D eigenvalue weighted by Gasteiger charge is -2.24. The van der Waals surface area contributed by atoms with Gasteiger partial charge in [-0.1, -0.05) is 18.2 Å². The lowest BCUT2D eigenvalue weighted by molar-refractivity contribution is -0.141. The number of benzene rings is 1. The van der Waals surface area contributed by atoms with Crippen LogP contribution in [0.25, 0.3) is 10.9 Å². The molecular weight excluding hydrogens is 264 g/mol. The largest absolute Gasteiger partial charge is 0.465 e. The van der Waals surface area contributed by atoms with E-state index >= 15 is 0 Å². The predicted octanol–water partition coefficient (Wildman–Crippen LogP) is 3.08. The number of aromatic nitrogens is 1. The average molecular weight is 284 g/mol. The van der Waals surface area contributed by atoms with Gasteiger partial charge in [-0.25, -0.2) is 4.98 Å². The highest BCUT2D eigenvalue weighted by Crippen LogP contribution is 2.33. The number of fused-ring (bicyclic) bond motifs is 1. The lowest BCUT2D eigenvalue weighted by Crippen LogP contribution is -2.34. The van der Waals surface area contributed by atoms with Crippen molar-refractivity contribution in [3.05, 3.63) is 35.9 Å². The molecule has 1 aromatic carbocycles. The van der Waals surface area contributed by atoms with Gasteiger partial charge >= 0.3 is 5.97 Å². The second kappa shape index (κ2) is 5.72. The van der Waals surface area contributed by atoms with Crippen LogP contribution in [0.4, 0.5) is 5.82 Å². The predicted molar refractivity (Wildman–Crippen MR) is 83.5 cm³/mol. The van der Waals surface area contributed by atoms with Crippen molar-refractivity contribution in [3.63, 3.8) is 0 Å². The molecule has 1 saturated carbocycles. The monoisotopic (exact) mass is 284 g/mol. The first kappa shape index (κ1) is 13.9. The van der Waals surface area contributed by atoms with Crippen LogP contribution in [0.5, 0.6) is 0 Å². The Morgan fingerprint density at radius 3 is 2.86 bits per heavy atom. The zero-order valence-electron chi connectivity index (χ0n) is 12.5. The van der Waals surface area contributed by atoms with Crippen molar-refractivity contribution in [2.75, 3.05) is 18.1 Å². The topological polar surface area (TPSA) is 42.4 Å². The molecule has 4 nitrogen and oxygen atoms in total. The molecule has 0 N–H and O–H groups in total. The quantitative estimate of drug-likeness (QED) is 0.791. The number of carbonyl (C=O) groups excluding carboxylic acids is 1. The molecule has 0 amide bonds. The Balaban J connectivity index is 1.95. The van der Waals surface area contributed by atoms with Gasteiger partial charge in [-0.2, -0.15) is 0 Å². The van der Waals surface area contributed by atoms with Crippen LogP contribution in [0.2, 0.25) is 0 Å². The van der Waals surface area contributed by atoms with Gasteiger partial charge in [-0.15, -0.1) is 0 Å². The van der Waals surface area contributed by atoms with Crippen molar-refractivity contribution >= 4 is 22.7 Å². The molecule has 1 fully saturated rings. The normalized spacial score (nSPS) is 14.2. The summed E-state index contributed by atoms with van der Waals surface area (Å²) in [6.45, 7) is 4.58. The molecule has 4 heteroatoms. The third kappa shape index (κ3) is 2.99. The molecule has 110 valence electrons. The number of nitrogens with zero attached hydrogens (tertiary/aromatic N) is 2. The van der Waals surface area contributed by atoms with E-state index in [2.05, 4.69) is 24.0 Å². The Morgan fingerprint density at radius 1 is 1.38 bits per heavy atom. The third-order valence-corrected chi connectivity index (χ3v) is 3.75. The van der Waals surface area contributed by atoms with Crippen molar-refractivity contribution in [1.29, 1.82) is 0 Å². The van der Waals surface area contributed by atoms with Crippen molar-refractivity contribution in [2.24, 2.45) is 0 Å². The van der Waals surface area contributed by atoms with Gasteiger partial charge in [0.1, 0.15) is 12.4 Å². The molecule has 1 aromatic heterocycles. The van der Waals surface area contributed by atoms with Gasteiger partial charge in [-0.3, -0.25) is 4.79 Å². The number of rotatable bonds is 5. The summed E-state index contributed by atoms with van der Waals surface area (Å²) >= 11 is 0. The molecule has 0 radical (unpaired) electrons. The average Bonchev–Trinajstić information content (AvgIpc) is 3.29. The summed E-state index contributed by atoms with van der Waals surface area (Å²) in [6.07, 6.45) is 2.24. The van der Waals surface area contributed by atoms with Crippen LogP contribution in [-0.2, 0) is 9.53 Å². The van der Waals surface area contributed by atoms with Crippen molar-refractivity contribution in [3.8, 4) is 0 Å². The second-order valence-electron chi connectivity index (χ2n) is 5.49. The molecule has 1 aliphatic carbocycles. The first-order valence-corrected chi connectivity index (χ1v) is 7.47. The van der Waals surface area contributed by atoms with Gasteiger partial charge < -0.3 is 9.64 Å². The smallest absolute Gasteiger partial charge is 0.325 e. The van der Waals surface area contributed by atoms with Crippen LogP contribution in [0.1, 0.15) is 25.3 Å². The van der Waals surface area contributed by atoms with Gasteiger partial charge in [-0.05, 0) is 44.4 Å². The number of aryl methyl sites for hydroxylation is 1. The highest BCUT2D eigenvalue weighted by molar-refractivity contribution is 5.83. The summed E-state index contributed by atoms with van der Waals surface area (Å²) in [5.41, 5.74) is 2.07. The molecule has 0 unspecified atom stereocenters. The number of ether oxygens (including phenoxy) is 1. The highest BCUT2D eigenvalue weighted by Gasteiger charge is 2.32. The van der Waals surface area contributed by atoms with Crippen molar-refractivity contribution < 1.29 is 9.53 Å². The van der Waals surface area contributed by atoms with Crippen LogP contribution < -0.4 is 4.90 Å². The number of esters is 1. The van der Waals surface area contributed by atoms with E-state index in [1.807, 2.05) is 25.1 Å². The van der Waals surface area contributed by atoms with E-state index in [1.165, 1.54) is 0 Å². The minimum Gasteiger partial charge on any atom is -0.465 e. The maximum atomic E-state index is 11.8. The molecule has 21 heavy (non-hydrogen) atoms. The van der Waals surface area contributed by atoms with Gasteiger partial charge in [0.15, 0.2) is 0 Å². The van der Waals surface area contributed by atoms with E-state index in [-0.39, 0.29) is 12.5 Å². The van der Waals surface area contributed by atoms with Gasteiger partial charge in [0.2, 0.25) is 0 Å². The van der Waals surface area contributed by atoms with Crippen LogP contribution in [0, 0.1) is 6.92 Å². The number of pyridine rings is 1. The first-order chi connectivity index (χ1) is 10.2. The van der Waals surface area contributed by atoms with Gasteiger partial charge in [0.05, 0.1) is 12.1 Å². The van der Waals surface area contributed by atoms with Crippen molar-refractivity contribution in [2.45, 2.75) is 32.7 Å². The van der Waals surface area contributed by atoms with Crippen LogP contribution >= 0.6 is 0 Å².